The largest absolute Gasteiger partial charge is 0.366 e. The zero-order chi connectivity index (χ0) is 20.1. The number of rotatable bonds is 6. The van der Waals surface area contributed by atoms with Crippen LogP contribution in [0.4, 0.5) is 5.69 Å². The van der Waals surface area contributed by atoms with E-state index in [0.717, 1.165) is 0 Å². The van der Waals surface area contributed by atoms with Crippen LogP contribution in [0.2, 0.25) is 10.0 Å². The Morgan fingerprint density at radius 2 is 1.56 bits per heavy atom. The van der Waals surface area contributed by atoms with Gasteiger partial charge >= 0.3 is 0 Å². The van der Waals surface area contributed by atoms with Crippen LogP contribution in [0.3, 0.4) is 0 Å². The second-order valence-electron chi connectivity index (χ2n) is 6.25. The topological polar surface area (TPSA) is 101 Å². The van der Waals surface area contributed by atoms with Crippen molar-refractivity contribution in [1.29, 1.82) is 0 Å². The maximum absolute atomic E-state index is 12.7. The van der Waals surface area contributed by atoms with Gasteiger partial charge in [0, 0.05) is 16.1 Å². The van der Waals surface area contributed by atoms with E-state index in [9.17, 15) is 14.4 Å². The Balaban J connectivity index is 2.18. The third-order valence-corrected chi connectivity index (χ3v) is 4.43. The molecule has 0 aliphatic heterocycles. The zero-order valence-electron chi connectivity index (χ0n) is 14.8. The molecule has 2 aromatic rings. The van der Waals surface area contributed by atoms with Crippen molar-refractivity contribution in [3.05, 3.63) is 63.6 Å². The summed E-state index contributed by atoms with van der Waals surface area (Å²) in [7, 11) is 0. The predicted octanol–water partition coefficient (Wildman–Crippen LogP) is 3.49. The summed E-state index contributed by atoms with van der Waals surface area (Å²) >= 11 is 11.9. The van der Waals surface area contributed by atoms with Crippen LogP contribution in [-0.4, -0.2) is 23.8 Å². The minimum Gasteiger partial charge on any atom is -0.366 e. The first-order valence-corrected chi connectivity index (χ1v) is 8.91. The molecule has 142 valence electrons. The molecule has 0 heterocycles. The minimum atomic E-state index is -0.818. The highest BCUT2D eigenvalue weighted by molar-refractivity contribution is 6.34. The molecule has 8 heteroatoms. The van der Waals surface area contributed by atoms with Gasteiger partial charge in [-0.2, -0.15) is 0 Å². The summed E-state index contributed by atoms with van der Waals surface area (Å²) in [5.74, 6) is -1.70. The fraction of sp³-hybridized carbons (Fsp3) is 0.211. The van der Waals surface area contributed by atoms with E-state index in [1.165, 1.54) is 18.2 Å². The highest BCUT2D eigenvalue weighted by Crippen LogP contribution is 2.23. The van der Waals surface area contributed by atoms with Gasteiger partial charge in [-0.15, -0.1) is 0 Å². The summed E-state index contributed by atoms with van der Waals surface area (Å²) in [4.78, 5) is 36.4. The number of benzene rings is 2. The molecule has 0 saturated heterocycles. The van der Waals surface area contributed by atoms with Gasteiger partial charge in [0.1, 0.15) is 6.04 Å². The van der Waals surface area contributed by atoms with E-state index in [1.54, 1.807) is 38.1 Å². The lowest BCUT2D eigenvalue weighted by molar-refractivity contribution is -0.118. The lowest BCUT2D eigenvalue weighted by Gasteiger charge is -2.22. The molecule has 4 N–H and O–H groups in total. The molecule has 2 rings (SSSR count). The number of hydrogen-bond donors (Lipinski definition) is 3. The molecule has 1 atom stereocenters. The molecule has 0 aliphatic carbocycles. The number of nitrogens with one attached hydrogen (secondary N) is 2. The Kier molecular flexibility index (Phi) is 6.82. The van der Waals surface area contributed by atoms with Crippen molar-refractivity contribution >= 4 is 46.6 Å². The van der Waals surface area contributed by atoms with E-state index in [-0.39, 0.29) is 22.2 Å². The number of halogens is 2. The van der Waals surface area contributed by atoms with Crippen molar-refractivity contribution in [2.24, 2.45) is 11.7 Å². The van der Waals surface area contributed by atoms with Gasteiger partial charge in [0.15, 0.2) is 0 Å². The molecule has 0 spiro atoms. The summed E-state index contributed by atoms with van der Waals surface area (Å²) in [6, 6.07) is 9.82. The number of hydrogen-bond acceptors (Lipinski definition) is 3. The number of amides is 3. The maximum atomic E-state index is 12.7. The monoisotopic (exact) mass is 407 g/mol. The van der Waals surface area contributed by atoms with Crippen LogP contribution in [-0.2, 0) is 4.79 Å². The van der Waals surface area contributed by atoms with Crippen LogP contribution in [0, 0.1) is 5.92 Å². The lowest BCUT2D eigenvalue weighted by atomic mass is 10.0. The number of carbonyl (C=O) groups is 3. The molecule has 0 aliphatic rings. The number of anilines is 1. The smallest absolute Gasteiger partial charge is 0.251 e. The van der Waals surface area contributed by atoms with Crippen molar-refractivity contribution < 1.29 is 14.4 Å². The van der Waals surface area contributed by atoms with Gasteiger partial charge in [-0.3, -0.25) is 14.4 Å². The molecule has 3 amide bonds. The number of primary amides is 1. The van der Waals surface area contributed by atoms with Crippen molar-refractivity contribution in [3.63, 3.8) is 0 Å². The Morgan fingerprint density at radius 3 is 2.11 bits per heavy atom. The first-order valence-electron chi connectivity index (χ1n) is 8.15. The maximum Gasteiger partial charge on any atom is 0.251 e. The standard InChI is InChI=1S/C19H19Cl2N3O3/c1-10(2)16(24-18(26)11-3-6-13(20)7-4-11)19(27)23-15-9-12(17(22)25)5-8-14(15)21/h3-10,16H,1-2H3,(H2,22,25)(H,23,27)(H,24,26). The van der Waals surface area contributed by atoms with Gasteiger partial charge in [-0.25, -0.2) is 0 Å². The molecule has 0 fully saturated rings. The molecule has 0 radical (unpaired) electrons. The van der Waals surface area contributed by atoms with Gasteiger partial charge in [0.25, 0.3) is 5.91 Å². The number of carbonyl (C=O) groups excluding carboxylic acids is 3. The van der Waals surface area contributed by atoms with E-state index >= 15 is 0 Å². The summed E-state index contributed by atoms with van der Waals surface area (Å²) < 4.78 is 0. The van der Waals surface area contributed by atoms with Crippen molar-refractivity contribution in [1.82, 2.24) is 5.32 Å². The van der Waals surface area contributed by atoms with Gasteiger partial charge in [0.2, 0.25) is 11.8 Å². The quantitative estimate of drug-likeness (QED) is 0.682. The highest BCUT2D eigenvalue weighted by Gasteiger charge is 2.25. The van der Waals surface area contributed by atoms with Gasteiger partial charge < -0.3 is 16.4 Å². The van der Waals surface area contributed by atoms with E-state index in [4.69, 9.17) is 28.9 Å². The Morgan fingerprint density at radius 1 is 0.963 bits per heavy atom. The SMILES string of the molecule is CC(C)C(NC(=O)c1ccc(Cl)cc1)C(=O)Nc1cc(C(N)=O)ccc1Cl. The van der Waals surface area contributed by atoms with Crippen molar-refractivity contribution in [2.45, 2.75) is 19.9 Å². The molecule has 0 bridgehead atoms. The summed E-state index contributed by atoms with van der Waals surface area (Å²) in [5, 5.41) is 6.10. The van der Waals surface area contributed by atoms with Gasteiger partial charge in [-0.05, 0) is 48.4 Å². The molecule has 0 saturated carbocycles. The van der Waals surface area contributed by atoms with E-state index < -0.39 is 23.8 Å². The zero-order valence-corrected chi connectivity index (χ0v) is 16.3. The van der Waals surface area contributed by atoms with Crippen molar-refractivity contribution in [2.75, 3.05) is 5.32 Å². The molecular formula is C19H19Cl2N3O3. The Labute approximate surface area is 167 Å². The second-order valence-corrected chi connectivity index (χ2v) is 7.09. The predicted molar refractivity (Wildman–Crippen MR) is 106 cm³/mol. The fourth-order valence-corrected chi connectivity index (χ4v) is 2.64. The summed E-state index contributed by atoms with van der Waals surface area (Å²) in [6.45, 7) is 3.60. The molecule has 1 unspecified atom stereocenters. The van der Waals surface area contributed by atoms with E-state index in [1.807, 2.05) is 0 Å². The second kappa shape index (κ2) is 8.88. The van der Waals surface area contributed by atoms with Crippen molar-refractivity contribution in [3.8, 4) is 0 Å². The molecule has 2 aromatic carbocycles. The Hall–Kier alpha value is -2.57. The van der Waals surface area contributed by atoms with Crippen LogP contribution in [0.5, 0.6) is 0 Å². The van der Waals surface area contributed by atoms with Crippen LogP contribution >= 0.6 is 23.2 Å². The highest BCUT2D eigenvalue weighted by atomic mass is 35.5. The molecular weight excluding hydrogens is 389 g/mol. The first kappa shape index (κ1) is 20.7. The van der Waals surface area contributed by atoms with Crippen LogP contribution in [0.15, 0.2) is 42.5 Å². The molecule has 0 aromatic heterocycles. The van der Waals surface area contributed by atoms with Crippen LogP contribution in [0.1, 0.15) is 34.6 Å². The van der Waals surface area contributed by atoms with Crippen LogP contribution < -0.4 is 16.4 Å². The van der Waals surface area contributed by atoms with E-state index in [0.29, 0.717) is 10.6 Å². The van der Waals surface area contributed by atoms with E-state index in [2.05, 4.69) is 10.6 Å². The van der Waals surface area contributed by atoms with Gasteiger partial charge in [-0.1, -0.05) is 37.0 Å². The molecule has 6 nitrogen and oxygen atoms in total. The number of nitrogens with two attached hydrogens (primary N) is 1. The van der Waals surface area contributed by atoms with Gasteiger partial charge in [0.05, 0.1) is 10.7 Å². The lowest BCUT2D eigenvalue weighted by Crippen LogP contribution is -2.47. The average Bonchev–Trinajstić information content (AvgIpc) is 2.61. The summed E-state index contributed by atoms with van der Waals surface area (Å²) in [6.07, 6.45) is 0. The minimum absolute atomic E-state index is 0.195. The third-order valence-electron chi connectivity index (χ3n) is 3.85. The fourth-order valence-electron chi connectivity index (χ4n) is 2.35. The Bertz CT molecular complexity index is 867. The third kappa shape index (κ3) is 5.45. The summed E-state index contributed by atoms with van der Waals surface area (Å²) in [5.41, 5.74) is 6.08. The first-order chi connectivity index (χ1) is 12.7. The normalized spacial score (nSPS) is 11.7. The average molecular weight is 408 g/mol. The van der Waals surface area contributed by atoms with Crippen LogP contribution in [0.25, 0.3) is 0 Å². The molecule has 27 heavy (non-hydrogen) atoms.